The number of nitrogens with zero attached hydrogens (tertiary/aromatic N) is 3. The van der Waals surface area contributed by atoms with E-state index < -0.39 is 0 Å². The number of pyridine rings is 1. The predicted molar refractivity (Wildman–Crippen MR) is 72.8 cm³/mol. The topological polar surface area (TPSA) is 85.8 Å². The van der Waals surface area contributed by atoms with Gasteiger partial charge in [-0.05, 0) is 19.1 Å². The summed E-state index contributed by atoms with van der Waals surface area (Å²) in [5, 5.41) is 2.79. The number of anilines is 1. The van der Waals surface area contributed by atoms with Crippen LogP contribution in [0.5, 0.6) is 0 Å². The number of nitrogens with one attached hydrogen (secondary N) is 1. The molecule has 1 amide bonds. The van der Waals surface area contributed by atoms with E-state index in [9.17, 15) is 4.79 Å². The zero-order valence-corrected chi connectivity index (χ0v) is 10.9. The van der Waals surface area contributed by atoms with Gasteiger partial charge in [0.25, 0.3) is 0 Å². The molecule has 0 spiro atoms. The molecule has 2 aromatic heterocycles. The first-order valence-electron chi connectivity index (χ1n) is 6.09. The van der Waals surface area contributed by atoms with E-state index in [-0.39, 0.29) is 17.9 Å². The minimum atomic E-state index is -0.242. The lowest BCUT2D eigenvalue weighted by Crippen LogP contribution is -2.34. The molecule has 3 N–H and O–H groups in total. The summed E-state index contributed by atoms with van der Waals surface area (Å²) < 4.78 is 1.79. The van der Waals surface area contributed by atoms with Gasteiger partial charge in [0, 0.05) is 18.4 Å². The van der Waals surface area contributed by atoms with Crippen LogP contribution >= 0.6 is 0 Å². The van der Waals surface area contributed by atoms with Crippen molar-refractivity contribution in [1.29, 1.82) is 0 Å². The first-order valence-corrected chi connectivity index (χ1v) is 6.09. The first kappa shape index (κ1) is 13.2. The van der Waals surface area contributed by atoms with Crippen LogP contribution < -0.4 is 11.1 Å². The summed E-state index contributed by atoms with van der Waals surface area (Å²) in [6, 6.07) is 3.43. The van der Waals surface area contributed by atoms with Crippen LogP contribution in [0.4, 0.5) is 5.69 Å². The van der Waals surface area contributed by atoms with Gasteiger partial charge in [-0.2, -0.15) is 0 Å². The lowest BCUT2D eigenvalue weighted by molar-refractivity contribution is -0.119. The number of amides is 1. The van der Waals surface area contributed by atoms with Crippen LogP contribution in [0.2, 0.25) is 0 Å². The highest BCUT2D eigenvalue weighted by Crippen LogP contribution is 2.11. The summed E-state index contributed by atoms with van der Waals surface area (Å²) in [4.78, 5) is 20.0. The predicted octanol–water partition coefficient (Wildman–Crippen LogP) is 1.19. The molecule has 0 aliphatic heterocycles. The van der Waals surface area contributed by atoms with Gasteiger partial charge < -0.3 is 11.1 Å². The highest BCUT2D eigenvalue weighted by atomic mass is 16.1. The van der Waals surface area contributed by atoms with Crippen molar-refractivity contribution >= 4 is 11.6 Å². The van der Waals surface area contributed by atoms with Gasteiger partial charge in [0.2, 0.25) is 5.91 Å². The van der Waals surface area contributed by atoms with Gasteiger partial charge in [-0.3, -0.25) is 9.36 Å². The zero-order chi connectivity index (χ0) is 13.8. The number of aromatic nitrogens is 3. The van der Waals surface area contributed by atoms with Crippen LogP contribution in [-0.4, -0.2) is 26.5 Å². The number of hydrogen-bond acceptors (Lipinski definition) is 4. The summed E-state index contributed by atoms with van der Waals surface area (Å²) in [5.41, 5.74) is 6.35. The number of rotatable bonds is 4. The number of hydrogen-bond donors (Lipinski definition) is 2. The van der Waals surface area contributed by atoms with Crippen LogP contribution in [0.25, 0.3) is 5.82 Å². The summed E-state index contributed by atoms with van der Waals surface area (Å²) in [6.07, 6.45) is 6.76. The molecule has 0 aliphatic carbocycles. The number of nitrogens with two attached hydrogens (primary N) is 1. The molecule has 0 aliphatic rings. The Labute approximate surface area is 111 Å². The van der Waals surface area contributed by atoms with Crippen molar-refractivity contribution in [2.24, 2.45) is 11.7 Å². The van der Waals surface area contributed by atoms with Crippen molar-refractivity contribution in [3.63, 3.8) is 0 Å². The fourth-order valence-corrected chi connectivity index (χ4v) is 1.50. The van der Waals surface area contributed by atoms with Crippen molar-refractivity contribution in [3.8, 4) is 5.82 Å². The average Bonchev–Trinajstić information content (AvgIpc) is 2.92. The second kappa shape index (κ2) is 5.62. The molecule has 2 aromatic rings. The molecule has 2 atom stereocenters. The molecule has 0 saturated heterocycles. The van der Waals surface area contributed by atoms with Gasteiger partial charge in [0.05, 0.1) is 17.8 Å². The average molecular weight is 259 g/mol. The monoisotopic (exact) mass is 259 g/mol. The van der Waals surface area contributed by atoms with E-state index >= 15 is 0 Å². The molecule has 0 fully saturated rings. The first-order chi connectivity index (χ1) is 9.08. The van der Waals surface area contributed by atoms with Crippen LogP contribution in [0.15, 0.2) is 37.1 Å². The Bertz CT molecular complexity index is 533. The van der Waals surface area contributed by atoms with E-state index in [0.717, 1.165) is 5.82 Å². The molecule has 2 heterocycles. The normalized spacial score (nSPS) is 13.8. The van der Waals surface area contributed by atoms with Gasteiger partial charge in [-0.25, -0.2) is 9.97 Å². The Morgan fingerprint density at radius 2 is 2.21 bits per heavy atom. The second-order valence-corrected chi connectivity index (χ2v) is 4.51. The molecule has 0 radical (unpaired) electrons. The molecule has 6 nitrogen and oxygen atoms in total. The van der Waals surface area contributed by atoms with E-state index in [4.69, 9.17) is 5.73 Å². The van der Waals surface area contributed by atoms with Crippen molar-refractivity contribution in [2.45, 2.75) is 19.9 Å². The molecule has 2 rings (SSSR count). The fourth-order valence-electron chi connectivity index (χ4n) is 1.50. The molecule has 0 bridgehead atoms. The van der Waals surface area contributed by atoms with Gasteiger partial charge in [-0.15, -0.1) is 0 Å². The summed E-state index contributed by atoms with van der Waals surface area (Å²) in [6.45, 7) is 3.61. The van der Waals surface area contributed by atoms with E-state index in [1.54, 1.807) is 42.5 Å². The maximum absolute atomic E-state index is 11.8. The summed E-state index contributed by atoms with van der Waals surface area (Å²) >= 11 is 0. The maximum atomic E-state index is 11.8. The van der Waals surface area contributed by atoms with Gasteiger partial charge in [0.15, 0.2) is 0 Å². The molecule has 19 heavy (non-hydrogen) atoms. The van der Waals surface area contributed by atoms with E-state index in [1.165, 1.54) is 0 Å². The van der Waals surface area contributed by atoms with Crippen LogP contribution in [0.3, 0.4) is 0 Å². The Balaban J connectivity index is 2.05. The minimum Gasteiger partial charge on any atom is -0.327 e. The number of imidazole rings is 1. The second-order valence-electron chi connectivity index (χ2n) is 4.51. The molecule has 2 unspecified atom stereocenters. The van der Waals surface area contributed by atoms with Gasteiger partial charge >= 0.3 is 0 Å². The Morgan fingerprint density at radius 3 is 2.74 bits per heavy atom. The van der Waals surface area contributed by atoms with Crippen molar-refractivity contribution in [2.75, 3.05) is 5.32 Å². The van der Waals surface area contributed by atoms with Gasteiger partial charge in [-0.1, -0.05) is 6.92 Å². The molecule has 100 valence electrons. The largest absolute Gasteiger partial charge is 0.327 e. The van der Waals surface area contributed by atoms with Crippen LogP contribution in [-0.2, 0) is 4.79 Å². The molecule has 0 saturated carbocycles. The molecule has 6 heteroatoms. The Hall–Kier alpha value is -2.21. The lowest BCUT2D eigenvalue weighted by atomic mass is 10.0. The van der Waals surface area contributed by atoms with E-state index in [1.807, 2.05) is 13.0 Å². The Morgan fingerprint density at radius 1 is 1.42 bits per heavy atom. The third kappa shape index (κ3) is 3.17. The number of carbonyl (C=O) groups is 1. The van der Waals surface area contributed by atoms with Gasteiger partial charge in [0.1, 0.15) is 12.1 Å². The van der Waals surface area contributed by atoms with Crippen molar-refractivity contribution in [1.82, 2.24) is 14.5 Å². The molecular formula is C13H17N5O. The highest BCUT2D eigenvalue weighted by Gasteiger charge is 2.16. The molecule has 0 aromatic carbocycles. The van der Waals surface area contributed by atoms with Crippen molar-refractivity contribution < 1.29 is 4.79 Å². The SMILES string of the molecule is CC(N)C(C)C(=O)Nc1ccc(-n2ccnc2)nc1. The summed E-state index contributed by atoms with van der Waals surface area (Å²) in [5.74, 6) is 0.399. The minimum absolute atomic E-state index is 0.104. The summed E-state index contributed by atoms with van der Waals surface area (Å²) in [7, 11) is 0. The van der Waals surface area contributed by atoms with E-state index in [0.29, 0.717) is 5.69 Å². The lowest BCUT2D eigenvalue weighted by Gasteiger charge is -2.15. The van der Waals surface area contributed by atoms with Crippen LogP contribution in [0, 0.1) is 5.92 Å². The standard InChI is InChI=1S/C13H17N5O/c1-9(10(2)14)13(19)17-11-3-4-12(16-7-11)18-6-5-15-8-18/h3-10H,14H2,1-2H3,(H,17,19). The quantitative estimate of drug-likeness (QED) is 0.863. The fraction of sp³-hybridized carbons (Fsp3) is 0.308. The van der Waals surface area contributed by atoms with Crippen molar-refractivity contribution in [3.05, 3.63) is 37.1 Å². The maximum Gasteiger partial charge on any atom is 0.228 e. The third-order valence-electron chi connectivity index (χ3n) is 2.99. The van der Waals surface area contributed by atoms with E-state index in [2.05, 4.69) is 15.3 Å². The number of carbonyl (C=O) groups excluding carboxylic acids is 1. The van der Waals surface area contributed by atoms with Crippen LogP contribution in [0.1, 0.15) is 13.8 Å². The highest BCUT2D eigenvalue weighted by molar-refractivity contribution is 5.92. The third-order valence-corrected chi connectivity index (χ3v) is 2.99. The zero-order valence-electron chi connectivity index (χ0n) is 10.9. The smallest absolute Gasteiger partial charge is 0.228 e. The Kier molecular flexibility index (Phi) is 3.91. The molecular weight excluding hydrogens is 242 g/mol.